The predicted molar refractivity (Wildman–Crippen MR) is 87.6 cm³/mol. The molecule has 23 heavy (non-hydrogen) atoms. The second kappa shape index (κ2) is 10.6. The Balaban J connectivity index is 0.000000377. The maximum absolute atomic E-state index is 2.40. The summed E-state index contributed by atoms with van der Waals surface area (Å²) in [6.07, 6.45) is 6.66. The van der Waals surface area contributed by atoms with Crippen LogP contribution in [0.4, 0.5) is 0 Å². The summed E-state index contributed by atoms with van der Waals surface area (Å²) in [5, 5.41) is 2.66. The van der Waals surface area contributed by atoms with Crippen LogP contribution in [0.25, 0.3) is 10.8 Å². The van der Waals surface area contributed by atoms with Gasteiger partial charge >= 0.3 is 25.8 Å². The Hall–Kier alpha value is -1.09. The maximum Gasteiger partial charge on any atom is 4.00 e. The zero-order chi connectivity index (χ0) is 13.8. The molecular formula is C20H22F2Hf. The number of benzene rings is 1. The zero-order valence-corrected chi connectivity index (χ0v) is 17.1. The van der Waals surface area contributed by atoms with Gasteiger partial charge in [-0.3, -0.25) is 0 Å². The monoisotopic (exact) mass is 480 g/mol. The molecule has 3 aromatic rings. The van der Waals surface area contributed by atoms with Crippen LogP contribution in [-0.4, -0.2) is 0 Å². The van der Waals surface area contributed by atoms with Gasteiger partial charge in [0.1, 0.15) is 0 Å². The van der Waals surface area contributed by atoms with Crippen molar-refractivity contribution < 1.29 is 35.3 Å². The Morgan fingerprint density at radius 3 is 2.43 bits per heavy atom. The molecule has 0 aromatic heterocycles. The Morgan fingerprint density at radius 1 is 1.00 bits per heavy atom. The fourth-order valence-corrected chi connectivity index (χ4v) is 3.05. The second-order valence-electron chi connectivity index (χ2n) is 5.63. The number of aryl methyl sites for hydroxylation is 3. The van der Waals surface area contributed by atoms with Crippen LogP contribution < -0.4 is 9.41 Å². The number of hydrogen-bond acceptors (Lipinski definition) is 0. The van der Waals surface area contributed by atoms with Gasteiger partial charge in [0.15, 0.2) is 0 Å². The van der Waals surface area contributed by atoms with Crippen molar-refractivity contribution in [3.63, 3.8) is 0 Å². The number of halogens is 2. The van der Waals surface area contributed by atoms with Gasteiger partial charge < -0.3 is 9.41 Å². The van der Waals surface area contributed by atoms with Gasteiger partial charge in [0.05, 0.1) is 0 Å². The SMILES string of the molecule is CCc1cc2c([cH-]1)CCCC2.[F-].[F-].[Hf+4].c1ccc2[cH-]ccc2c1. The first-order valence-electron chi connectivity index (χ1n) is 7.74. The summed E-state index contributed by atoms with van der Waals surface area (Å²) < 4.78 is 0. The summed E-state index contributed by atoms with van der Waals surface area (Å²) >= 11 is 0. The average molecular weight is 479 g/mol. The van der Waals surface area contributed by atoms with E-state index in [4.69, 9.17) is 0 Å². The minimum absolute atomic E-state index is 0. The van der Waals surface area contributed by atoms with Gasteiger partial charge in [0, 0.05) is 0 Å². The molecule has 1 aliphatic carbocycles. The molecule has 0 atom stereocenters. The van der Waals surface area contributed by atoms with Crippen molar-refractivity contribution in [3.8, 4) is 0 Å². The molecule has 0 N–H and O–H groups in total. The van der Waals surface area contributed by atoms with E-state index < -0.39 is 0 Å². The molecule has 0 aliphatic heterocycles. The van der Waals surface area contributed by atoms with Crippen LogP contribution >= 0.6 is 0 Å². The van der Waals surface area contributed by atoms with E-state index >= 15 is 0 Å². The molecule has 0 nitrogen and oxygen atoms in total. The molecule has 3 heteroatoms. The summed E-state index contributed by atoms with van der Waals surface area (Å²) in [4.78, 5) is 0. The van der Waals surface area contributed by atoms with Gasteiger partial charge in [0.2, 0.25) is 0 Å². The molecule has 0 saturated carbocycles. The van der Waals surface area contributed by atoms with E-state index in [1.165, 1.54) is 48.4 Å². The van der Waals surface area contributed by atoms with Crippen molar-refractivity contribution in [2.45, 2.75) is 39.0 Å². The summed E-state index contributed by atoms with van der Waals surface area (Å²) in [5.74, 6) is 0. The molecule has 3 aromatic carbocycles. The number of hydrogen-bond donors (Lipinski definition) is 0. The summed E-state index contributed by atoms with van der Waals surface area (Å²) in [6.45, 7) is 2.24. The first-order valence-corrected chi connectivity index (χ1v) is 7.74. The molecular weight excluding hydrogens is 457 g/mol. The van der Waals surface area contributed by atoms with Crippen molar-refractivity contribution in [1.82, 2.24) is 0 Å². The zero-order valence-electron chi connectivity index (χ0n) is 13.5. The molecule has 0 unspecified atom stereocenters. The Morgan fingerprint density at radius 2 is 1.74 bits per heavy atom. The first kappa shape index (κ1) is 21.9. The molecule has 0 heterocycles. The van der Waals surface area contributed by atoms with Crippen molar-refractivity contribution in [3.05, 3.63) is 71.3 Å². The quantitative estimate of drug-likeness (QED) is 0.324. The van der Waals surface area contributed by atoms with Crippen LogP contribution in [0.2, 0.25) is 0 Å². The summed E-state index contributed by atoms with van der Waals surface area (Å²) in [7, 11) is 0. The smallest absolute Gasteiger partial charge is 1.00 e. The van der Waals surface area contributed by atoms with Gasteiger partial charge in [-0.25, -0.2) is 6.07 Å². The van der Waals surface area contributed by atoms with Crippen molar-refractivity contribution in [2.75, 3.05) is 0 Å². The molecule has 120 valence electrons. The van der Waals surface area contributed by atoms with Crippen LogP contribution in [0.15, 0.2) is 54.6 Å². The predicted octanol–water partition coefficient (Wildman–Crippen LogP) is -0.589. The van der Waals surface area contributed by atoms with Crippen LogP contribution in [0.5, 0.6) is 0 Å². The van der Waals surface area contributed by atoms with Crippen molar-refractivity contribution in [2.24, 2.45) is 0 Å². The molecule has 0 amide bonds. The van der Waals surface area contributed by atoms with E-state index in [1.54, 1.807) is 11.1 Å². The van der Waals surface area contributed by atoms with E-state index in [0.29, 0.717) is 0 Å². The molecule has 1 aliphatic rings. The van der Waals surface area contributed by atoms with Crippen molar-refractivity contribution >= 4 is 10.8 Å². The Labute approximate surface area is 156 Å². The number of fused-ring (bicyclic) bond motifs is 2. The van der Waals surface area contributed by atoms with E-state index in [2.05, 4.69) is 61.5 Å². The van der Waals surface area contributed by atoms with Crippen LogP contribution in [0.3, 0.4) is 0 Å². The van der Waals surface area contributed by atoms with Gasteiger partial charge in [-0.05, 0) is 0 Å². The van der Waals surface area contributed by atoms with Gasteiger partial charge in [-0.1, -0.05) is 45.1 Å². The molecule has 0 saturated heterocycles. The van der Waals surface area contributed by atoms with Crippen LogP contribution in [0.1, 0.15) is 36.5 Å². The summed E-state index contributed by atoms with van der Waals surface area (Å²) in [5.41, 5.74) is 4.80. The van der Waals surface area contributed by atoms with E-state index in [-0.39, 0.29) is 35.3 Å². The largest absolute Gasteiger partial charge is 4.00 e. The maximum atomic E-state index is 2.40. The minimum Gasteiger partial charge on any atom is -1.00 e. The third-order valence-electron chi connectivity index (χ3n) is 4.23. The van der Waals surface area contributed by atoms with E-state index in [0.717, 1.165) is 0 Å². The minimum atomic E-state index is 0. The molecule has 0 spiro atoms. The fourth-order valence-electron chi connectivity index (χ4n) is 3.05. The molecule has 4 rings (SSSR count). The Kier molecular flexibility index (Phi) is 10.1. The normalized spacial score (nSPS) is 11.9. The number of rotatable bonds is 1. The molecule has 0 radical (unpaired) electrons. The first-order chi connectivity index (χ1) is 9.86. The van der Waals surface area contributed by atoms with E-state index in [1.807, 2.05) is 0 Å². The van der Waals surface area contributed by atoms with Gasteiger partial charge in [-0.15, -0.1) is 29.7 Å². The molecule has 0 fully saturated rings. The fraction of sp³-hybridized carbons (Fsp3) is 0.300. The average Bonchev–Trinajstić information content (AvgIpc) is 3.13. The van der Waals surface area contributed by atoms with Gasteiger partial charge in [0.25, 0.3) is 0 Å². The van der Waals surface area contributed by atoms with E-state index in [9.17, 15) is 0 Å². The van der Waals surface area contributed by atoms with Crippen LogP contribution in [-0.2, 0) is 45.1 Å². The van der Waals surface area contributed by atoms with Gasteiger partial charge in [-0.2, -0.15) is 40.3 Å². The standard InChI is InChI=1S/C11H15.C9H7.2FH.Hf/c1-2-9-7-10-5-3-4-6-11(10)8-9;1-2-5-9-7-3-6-8(9)4-1;;;/h7-8H,2-6H2,1H3;1-7H;2*1H;/q2*-1;;;+4/p-2. The van der Waals surface area contributed by atoms with Crippen LogP contribution in [0, 0.1) is 0 Å². The molecule has 0 bridgehead atoms. The second-order valence-corrected chi connectivity index (χ2v) is 5.63. The summed E-state index contributed by atoms with van der Waals surface area (Å²) in [6, 6.07) is 19.5. The third-order valence-corrected chi connectivity index (χ3v) is 4.23. The topological polar surface area (TPSA) is 0 Å². The third kappa shape index (κ3) is 5.49. The Bertz CT molecular complexity index is 628. The van der Waals surface area contributed by atoms with Crippen molar-refractivity contribution in [1.29, 1.82) is 0 Å².